The fourth-order valence-corrected chi connectivity index (χ4v) is 4.77. The van der Waals surface area contributed by atoms with Gasteiger partial charge in [-0.25, -0.2) is 0 Å². The normalized spacial score (nSPS) is 22.6. The van der Waals surface area contributed by atoms with Gasteiger partial charge in [-0.3, -0.25) is 9.88 Å². The van der Waals surface area contributed by atoms with Crippen molar-refractivity contribution >= 4 is 17.0 Å². The molecule has 2 aliphatic heterocycles. The van der Waals surface area contributed by atoms with Gasteiger partial charge in [0.05, 0.1) is 6.04 Å². The van der Waals surface area contributed by atoms with Crippen LogP contribution in [0.5, 0.6) is 0 Å². The Kier molecular flexibility index (Phi) is 2.99. The van der Waals surface area contributed by atoms with Crippen molar-refractivity contribution in [3.63, 3.8) is 0 Å². The van der Waals surface area contributed by atoms with E-state index < -0.39 is 0 Å². The van der Waals surface area contributed by atoms with Crippen molar-refractivity contribution in [2.24, 2.45) is 0 Å². The summed E-state index contributed by atoms with van der Waals surface area (Å²) in [5, 5.41) is 5.96. The lowest BCUT2D eigenvalue weighted by molar-refractivity contribution is 0.155. The minimum atomic E-state index is 0.177. The summed E-state index contributed by atoms with van der Waals surface area (Å²) in [5.41, 5.74) is 5.32. The van der Waals surface area contributed by atoms with Crippen LogP contribution in [0.2, 0.25) is 0 Å². The van der Waals surface area contributed by atoms with Crippen LogP contribution in [0.25, 0.3) is 0 Å². The molecule has 23 heavy (non-hydrogen) atoms. The Morgan fingerprint density at radius 1 is 1.09 bits per heavy atom. The highest BCUT2D eigenvalue weighted by molar-refractivity contribution is 7.10. The highest BCUT2D eigenvalue weighted by Crippen LogP contribution is 2.47. The van der Waals surface area contributed by atoms with Crippen molar-refractivity contribution in [3.05, 3.63) is 81.8 Å². The van der Waals surface area contributed by atoms with E-state index in [1.165, 1.54) is 27.3 Å². The monoisotopic (exact) mass is 319 g/mol. The quantitative estimate of drug-likeness (QED) is 0.728. The van der Waals surface area contributed by atoms with Gasteiger partial charge in [-0.05, 0) is 41.1 Å². The summed E-state index contributed by atoms with van der Waals surface area (Å²) < 4.78 is 0. The Balaban J connectivity index is 1.69. The van der Waals surface area contributed by atoms with Gasteiger partial charge in [0, 0.05) is 35.1 Å². The fraction of sp³-hybridized carbons (Fsp3) is 0.211. The SMILES string of the molecule is c1cncc(C2Nc3ccccc3C3c4ccsc4CCN23)c1. The van der Waals surface area contributed by atoms with Gasteiger partial charge in [-0.2, -0.15) is 0 Å². The minimum Gasteiger partial charge on any atom is -0.365 e. The molecule has 0 radical (unpaired) electrons. The van der Waals surface area contributed by atoms with Gasteiger partial charge in [0.25, 0.3) is 0 Å². The summed E-state index contributed by atoms with van der Waals surface area (Å²) in [6.45, 7) is 1.07. The first-order chi connectivity index (χ1) is 11.4. The summed E-state index contributed by atoms with van der Waals surface area (Å²) in [6.07, 6.45) is 5.12. The van der Waals surface area contributed by atoms with E-state index in [0.29, 0.717) is 6.04 Å². The first kappa shape index (κ1) is 13.3. The highest BCUT2D eigenvalue weighted by atomic mass is 32.1. The summed E-state index contributed by atoms with van der Waals surface area (Å²) in [4.78, 5) is 8.44. The summed E-state index contributed by atoms with van der Waals surface area (Å²) >= 11 is 1.89. The van der Waals surface area contributed by atoms with Crippen molar-refractivity contribution < 1.29 is 0 Å². The molecule has 0 saturated heterocycles. The van der Waals surface area contributed by atoms with Crippen molar-refractivity contribution in [1.82, 2.24) is 9.88 Å². The number of thiophene rings is 1. The van der Waals surface area contributed by atoms with E-state index in [4.69, 9.17) is 0 Å². The van der Waals surface area contributed by atoms with Gasteiger partial charge < -0.3 is 5.32 Å². The average molecular weight is 319 g/mol. The van der Waals surface area contributed by atoms with Crippen molar-refractivity contribution in [2.75, 3.05) is 11.9 Å². The molecule has 0 saturated carbocycles. The van der Waals surface area contributed by atoms with Gasteiger partial charge in [0.15, 0.2) is 0 Å². The van der Waals surface area contributed by atoms with E-state index >= 15 is 0 Å². The molecule has 4 heteroatoms. The van der Waals surface area contributed by atoms with E-state index in [1.807, 2.05) is 29.8 Å². The Morgan fingerprint density at radius 2 is 2.04 bits per heavy atom. The second-order valence-corrected chi connectivity index (χ2v) is 7.11. The molecular formula is C19H17N3S. The fourth-order valence-electron chi connectivity index (χ4n) is 3.87. The molecule has 0 amide bonds. The van der Waals surface area contributed by atoms with E-state index in [2.05, 4.69) is 57.0 Å². The molecule has 0 spiro atoms. The van der Waals surface area contributed by atoms with Crippen LogP contribution in [0, 0.1) is 0 Å². The molecule has 0 fully saturated rings. The number of fused-ring (bicyclic) bond motifs is 5. The molecule has 3 nitrogen and oxygen atoms in total. The second-order valence-electron chi connectivity index (χ2n) is 6.11. The molecule has 4 heterocycles. The molecule has 1 N–H and O–H groups in total. The third-order valence-corrected chi connectivity index (χ3v) is 5.88. The zero-order valence-electron chi connectivity index (χ0n) is 12.6. The topological polar surface area (TPSA) is 28.2 Å². The summed E-state index contributed by atoms with van der Waals surface area (Å²) in [7, 11) is 0. The first-order valence-electron chi connectivity index (χ1n) is 7.99. The van der Waals surface area contributed by atoms with Crippen LogP contribution in [0.15, 0.2) is 60.2 Å². The van der Waals surface area contributed by atoms with Crippen LogP contribution in [0.3, 0.4) is 0 Å². The van der Waals surface area contributed by atoms with Gasteiger partial charge in [0.1, 0.15) is 6.17 Å². The predicted molar refractivity (Wildman–Crippen MR) is 93.6 cm³/mol. The summed E-state index contributed by atoms with van der Waals surface area (Å²) in [6, 6.07) is 15.5. The Bertz CT molecular complexity index is 843. The Morgan fingerprint density at radius 3 is 2.96 bits per heavy atom. The van der Waals surface area contributed by atoms with Crippen LogP contribution in [-0.2, 0) is 6.42 Å². The molecule has 2 aromatic heterocycles. The maximum Gasteiger partial charge on any atom is 0.108 e. The first-order valence-corrected chi connectivity index (χ1v) is 8.87. The third-order valence-electron chi connectivity index (χ3n) is 4.88. The number of anilines is 1. The van der Waals surface area contributed by atoms with Crippen LogP contribution in [0.1, 0.15) is 33.8 Å². The lowest BCUT2D eigenvalue weighted by Gasteiger charge is -2.46. The Hall–Kier alpha value is -2.17. The Labute approximate surface area is 139 Å². The number of nitrogens with one attached hydrogen (secondary N) is 1. The number of hydrogen-bond donors (Lipinski definition) is 1. The second kappa shape index (κ2) is 5.18. The van der Waals surface area contributed by atoms with Crippen molar-refractivity contribution in [1.29, 1.82) is 0 Å². The molecule has 114 valence electrons. The third kappa shape index (κ3) is 2.02. The van der Waals surface area contributed by atoms with Crippen LogP contribution < -0.4 is 5.32 Å². The largest absolute Gasteiger partial charge is 0.365 e. The van der Waals surface area contributed by atoms with E-state index in [9.17, 15) is 0 Å². The van der Waals surface area contributed by atoms with E-state index in [0.717, 1.165) is 13.0 Å². The molecule has 2 atom stereocenters. The molecular weight excluding hydrogens is 302 g/mol. The zero-order valence-corrected chi connectivity index (χ0v) is 13.5. The van der Waals surface area contributed by atoms with Gasteiger partial charge in [-0.1, -0.05) is 24.3 Å². The predicted octanol–water partition coefficient (Wildman–Crippen LogP) is 4.21. The number of nitrogens with zero attached hydrogens (tertiary/aromatic N) is 2. The average Bonchev–Trinajstić information content (AvgIpc) is 3.10. The summed E-state index contributed by atoms with van der Waals surface area (Å²) in [5.74, 6) is 0. The molecule has 0 aliphatic carbocycles. The standard InChI is InChI=1S/C19H17N3S/c1-2-6-16-14(5-1)18-15-8-11-23-17(15)7-10-22(18)19(21-16)13-4-3-9-20-12-13/h1-6,8-9,11-12,18-19,21H,7,10H2. The van der Waals surface area contributed by atoms with Crippen LogP contribution in [-0.4, -0.2) is 16.4 Å². The lowest BCUT2D eigenvalue weighted by atomic mass is 9.88. The van der Waals surface area contributed by atoms with Gasteiger partial charge >= 0.3 is 0 Å². The number of aromatic nitrogens is 1. The zero-order chi connectivity index (χ0) is 15.2. The smallest absolute Gasteiger partial charge is 0.108 e. The van der Waals surface area contributed by atoms with E-state index in [1.54, 1.807) is 0 Å². The van der Waals surface area contributed by atoms with Gasteiger partial charge in [-0.15, -0.1) is 11.3 Å². The number of hydrogen-bond acceptors (Lipinski definition) is 4. The molecule has 1 aromatic carbocycles. The molecule has 2 unspecified atom stereocenters. The molecule has 2 aliphatic rings. The number of para-hydroxylation sites is 1. The molecule has 3 aromatic rings. The van der Waals surface area contributed by atoms with Crippen molar-refractivity contribution in [2.45, 2.75) is 18.6 Å². The van der Waals surface area contributed by atoms with Crippen molar-refractivity contribution in [3.8, 4) is 0 Å². The number of rotatable bonds is 1. The number of pyridine rings is 1. The minimum absolute atomic E-state index is 0.177. The van der Waals surface area contributed by atoms with Crippen LogP contribution in [0.4, 0.5) is 5.69 Å². The maximum atomic E-state index is 4.32. The molecule has 5 rings (SSSR count). The highest BCUT2D eigenvalue weighted by Gasteiger charge is 2.39. The maximum absolute atomic E-state index is 4.32. The van der Waals surface area contributed by atoms with E-state index in [-0.39, 0.29) is 6.17 Å². The molecule has 0 bridgehead atoms. The number of benzene rings is 1. The van der Waals surface area contributed by atoms with Crippen LogP contribution >= 0.6 is 11.3 Å². The van der Waals surface area contributed by atoms with Gasteiger partial charge in [0.2, 0.25) is 0 Å². The lowest BCUT2D eigenvalue weighted by Crippen LogP contribution is -2.44.